The molecule has 10 nitrogen and oxygen atoms in total. The zero-order chi connectivity index (χ0) is 25.2. The number of carbonyl (C=O) groups excluding carboxylic acids is 2. The van der Waals surface area contributed by atoms with E-state index in [0.717, 1.165) is 24.5 Å². The first kappa shape index (κ1) is 24.1. The number of fused-ring (bicyclic) bond motifs is 1. The molecule has 2 aliphatic heterocycles. The molecule has 0 aliphatic carbocycles. The van der Waals surface area contributed by atoms with E-state index < -0.39 is 0 Å². The standard InChI is InChI=1S/C24H23Cl2N7O3/c25-18-2-1-3-19(26)21(18)33-14-36-22-17(23(33)35)13-28-24(30-22)29-15-4-6-16(7-5-15)31-8-10-32(11-9-31)20(34)12-27/h1-7,13H,8-12,14,27H2,(H,28,29,30). The third-order valence-electron chi connectivity index (χ3n) is 6.06. The van der Waals surface area contributed by atoms with E-state index >= 15 is 0 Å². The monoisotopic (exact) mass is 527 g/mol. The summed E-state index contributed by atoms with van der Waals surface area (Å²) >= 11 is 12.5. The normalized spacial score (nSPS) is 15.4. The van der Waals surface area contributed by atoms with E-state index in [1.807, 2.05) is 24.3 Å². The molecular formula is C24H23Cl2N7O3. The van der Waals surface area contributed by atoms with Gasteiger partial charge in [-0.05, 0) is 36.4 Å². The minimum absolute atomic E-state index is 0.0229. The maximum Gasteiger partial charge on any atom is 0.268 e. The second kappa shape index (κ2) is 10.2. The molecule has 0 bridgehead atoms. The summed E-state index contributed by atoms with van der Waals surface area (Å²) in [6.07, 6.45) is 1.42. The Morgan fingerprint density at radius 3 is 2.42 bits per heavy atom. The van der Waals surface area contributed by atoms with Crippen LogP contribution in [-0.2, 0) is 4.79 Å². The summed E-state index contributed by atoms with van der Waals surface area (Å²) in [7, 11) is 0. The van der Waals surface area contributed by atoms with Gasteiger partial charge in [-0.3, -0.25) is 14.5 Å². The number of nitrogens with one attached hydrogen (secondary N) is 1. The minimum atomic E-state index is -0.351. The number of hydrogen-bond donors (Lipinski definition) is 2. The summed E-state index contributed by atoms with van der Waals surface area (Å²) in [4.78, 5) is 38.8. The molecule has 0 radical (unpaired) electrons. The molecule has 3 heterocycles. The molecule has 0 saturated carbocycles. The van der Waals surface area contributed by atoms with Crippen molar-refractivity contribution in [1.82, 2.24) is 14.9 Å². The fraction of sp³-hybridized carbons (Fsp3) is 0.250. The number of aromatic nitrogens is 2. The molecule has 1 fully saturated rings. The van der Waals surface area contributed by atoms with Crippen molar-refractivity contribution in [1.29, 1.82) is 0 Å². The Labute approximate surface area is 217 Å². The van der Waals surface area contributed by atoms with Crippen LogP contribution in [0, 0.1) is 0 Å². The molecule has 186 valence electrons. The maximum atomic E-state index is 13.0. The number of ether oxygens (including phenoxy) is 1. The highest BCUT2D eigenvalue weighted by Gasteiger charge is 2.31. The summed E-state index contributed by atoms with van der Waals surface area (Å²) in [5.74, 6) is 0.103. The highest BCUT2D eigenvalue weighted by Crippen LogP contribution is 2.37. The number of carbonyl (C=O) groups is 2. The lowest BCUT2D eigenvalue weighted by atomic mass is 10.2. The van der Waals surface area contributed by atoms with Crippen LogP contribution < -0.4 is 25.6 Å². The highest BCUT2D eigenvalue weighted by atomic mass is 35.5. The van der Waals surface area contributed by atoms with E-state index in [4.69, 9.17) is 33.7 Å². The summed E-state index contributed by atoms with van der Waals surface area (Å²) in [6, 6.07) is 12.8. The Hall–Kier alpha value is -3.60. The summed E-state index contributed by atoms with van der Waals surface area (Å²) in [5, 5.41) is 3.82. The van der Waals surface area contributed by atoms with Gasteiger partial charge in [-0.15, -0.1) is 0 Å². The van der Waals surface area contributed by atoms with Crippen molar-refractivity contribution in [2.45, 2.75) is 0 Å². The molecule has 1 saturated heterocycles. The lowest BCUT2D eigenvalue weighted by Gasteiger charge is -2.36. The molecule has 36 heavy (non-hydrogen) atoms. The molecule has 2 aromatic carbocycles. The lowest BCUT2D eigenvalue weighted by Crippen LogP contribution is -2.50. The Bertz CT molecular complexity index is 1280. The van der Waals surface area contributed by atoms with Gasteiger partial charge in [-0.2, -0.15) is 4.98 Å². The molecule has 0 unspecified atom stereocenters. The van der Waals surface area contributed by atoms with Gasteiger partial charge in [0.2, 0.25) is 17.7 Å². The molecule has 2 aliphatic rings. The Morgan fingerprint density at radius 2 is 1.75 bits per heavy atom. The molecule has 5 rings (SSSR count). The van der Waals surface area contributed by atoms with Gasteiger partial charge in [-0.25, -0.2) is 4.98 Å². The molecule has 0 atom stereocenters. The van der Waals surface area contributed by atoms with Gasteiger partial charge < -0.3 is 25.6 Å². The predicted octanol–water partition coefficient (Wildman–Crippen LogP) is 3.13. The average molecular weight is 528 g/mol. The Kier molecular flexibility index (Phi) is 6.82. The van der Waals surface area contributed by atoms with Gasteiger partial charge in [0.05, 0.1) is 22.3 Å². The smallest absolute Gasteiger partial charge is 0.268 e. The minimum Gasteiger partial charge on any atom is -0.455 e. The number of halogens is 2. The van der Waals surface area contributed by atoms with E-state index in [-0.39, 0.29) is 36.5 Å². The van der Waals surface area contributed by atoms with Crippen molar-refractivity contribution in [3.05, 3.63) is 64.3 Å². The van der Waals surface area contributed by atoms with Crippen LogP contribution in [0.4, 0.5) is 23.0 Å². The largest absolute Gasteiger partial charge is 0.455 e. The number of rotatable bonds is 5. The van der Waals surface area contributed by atoms with Crippen molar-refractivity contribution in [2.24, 2.45) is 5.73 Å². The SMILES string of the molecule is NCC(=O)N1CCN(c2ccc(Nc3ncc4c(n3)OCN(c3c(Cl)cccc3Cl)C4=O)cc2)CC1. The molecular weight excluding hydrogens is 505 g/mol. The summed E-state index contributed by atoms with van der Waals surface area (Å²) < 4.78 is 5.74. The van der Waals surface area contributed by atoms with E-state index in [0.29, 0.717) is 34.8 Å². The number of para-hydroxylation sites is 1. The fourth-order valence-corrected chi connectivity index (χ4v) is 4.76. The molecule has 3 aromatic rings. The Morgan fingerprint density at radius 1 is 1.06 bits per heavy atom. The fourth-order valence-electron chi connectivity index (χ4n) is 4.15. The van der Waals surface area contributed by atoms with Gasteiger partial charge in [0.1, 0.15) is 5.56 Å². The third kappa shape index (κ3) is 4.75. The van der Waals surface area contributed by atoms with Gasteiger partial charge >= 0.3 is 0 Å². The molecule has 3 N–H and O–H groups in total. The molecule has 12 heteroatoms. The average Bonchev–Trinajstić information content (AvgIpc) is 2.90. The zero-order valence-corrected chi connectivity index (χ0v) is 20.7. The van der Waals surface area contributed by atoms with Gasteiger partial charge in [0.25, 0.3) is 5.91 Å². The van der Waals surface area contributed by atoms with E-state index in [1.165, 1.54) is 11.1 Å². The van der Waals surface area contributed by atoms with Crippen LogP contribution in [0.2, 0.25) is 10.0 Å². The number of amides is 2. The van der Waals surface area contributed by atoms with E-state index in [2.05, 4.69) is 20.2 Å². The van der Waals surface area contributed by atoms with Crippen LogP contribution in [0.5, 0.6) is 5.88 Å². The summed E-state index contributed by atoms with van der Waals surface area (Å²) in [5.41, 5.74) is 7.88. The summed E-state index contributed by atoms with van der Waals surface area (Å²) in [6.45, 7) is 2.75. The number of benzene rings is 2. The van der Waals surface area contributed by atoms with E-state index in [1.54, 1.807) is 23.1 Å². The van der Waals surface area contributed by atoms with Crippen molar-refractivity contribution in [3.8, 4) is 5.88 Å². The number of hydrogen-bond acceptors (Lipinski definition) is 8. The van der Waals surface area contributed by atoms with Crippen LogP contribution in [0.1, 0.15) is 10.4 Å². The zero-order valence-electron chi connectivity index (χ0n) is 19.2. The van der Waals surface area contributed by atoms with Crippen LogP contribution in [0.15, 0.2) is 48.7 Å². The topological polar surface area (TPSA) is 117 Å². The third-order valence-corrected chi connectivity index (χ3v) is 6.67. The molecule has 0 spiro atoms. The second-order valence-corrected chi connectivity index (χ2v) is 9.05. The number of nitrogens with zero attached hydrogens (tertiary/aromatic N) is 5. The maximum absolute atomic E-state index is 13.0. The highest BCUT2D eigenvalue weighted by molar-refractivity contribution is 6.40. The van der Waals surface area contributed by atoms with Crippen LogP contribution in [-0.4, -0.2) is 66.1 Å². The van der Waals surface area contributed by atoms with Gasteiger partial charge in [0, 0.05) is 43.8 Å². The van der Waals surface area contributed by atoms with Crippen LogP contribution in [0.3, 0.4) is 0 Å². The van der Waals surface area contributed by atoms with Crippen LogP contribution >= 0.6 is 23.2 Å². The van der Waals surface area contributed by atoms with Crippen molar-refractivity contribution >= 4 is 58.0 Å². The van der Waals surface area contributed by atoms with Gasteiger partial charge in [0.15, 0.2) is 6.73 Å². The number of anilines is 4. The van der Waals surface area contributed by atoms with E-state index in [9.17, 15) is 9.59 Å². The number of nitrogens with two attached hydrogens (primary N) is 1. The van der Waals surface area contributed by atoms with Crippen molar-refractivity contribution in [2.75, 3.05) is 54.6 Å². The Balaban J connectivity index is 1.25. The van der Waals surface area contributed by atoms with Crippen molar-refractivity contribution < 1.29 is 14.3 Å². The lowest BCUT2D eigenvalue weighted by molar-refractivity contribution is -0.129. The first-order valence-corrected chi connectivity index (χ1v) is 12.1. The number of piperazine rings is 1. The quantitative estimate of drug-likeness (QED) is 0.519. The first-order chi connectivity index (χ1) is 17.4. The van der Waals surface area contributed by atoms with Gasteiger partial charge in [-0.1, -0.05) is 29.3 Å². The van der Waals surface area contributed by atoms with Crippen LogP contribution in [0.25, 0.3) is 0 Å². The predicted molar refractivity (Wildman–Crippen MR) is 138 cm³/mol. The second-order valence-electron chi connectivity index (χ2n) is 8.23. The molecule has 1 aromatic heterocycles. The van der Waals surface area contributed by atoms with Crippen molar-refractivity contribution in [3.63, 3.8) is 0 Å². The molecule has 2 amide bonds. The first-order valence-electron chi connectivity index (χ1n) is 11.3.